The predicted octanol–water partition coefficient (Wildman–Crippen LogP) is 2.26. The van der Waals surface area contributed by atoms with Crippen LogP contribution in [-0.4, -0.2) is 80.6 Å². The zero-order valence-electron chi connectivity index (χ0n) is 16.6. The number of carbonyl (C=O) groups excluding carboxylic acids is 2. The summed E-state index contributed by atoms with van der Waals surface area (Å²) in [5, 5.41) is 0. The molecule has 2 heterocycles. The fraction of sp³-hybridized carbons (Fsp3) is 0.900. The third-order valence-corrected chi connectivity index (χ3v) is 5.90. The third-order valence-electron chi connectivity index (χ3n) is 5.90. The van der Waals surface area contributed by atoms with Crippen molar-refractivity contribution in [2.75, 3.05) is 53.6 Å². The number of ether oxygens (including phenoxy) is 2. The summed E-state index contributed by atoms with van der Waals surface area (Å²) in [4.78, 5) is 27.8. The molecule has 2 rings (SSSR count). The molecule has 0 amide bonds. The van der Waals surface area contributed by atoms with Gasteiger partial charge in [0, 0.05) is 72.7 Å². The Balaban J connectivity index is 1.89. The minimum atomic E-state index is -0.278. The van der Waals surface area contributed by atoms with Gasteiger partial charge in [0.2, 0.25) is 0 Å². The lowest BCUT2D eigenvalue weighted by molar-refractivity contribution is -0.160. The van der Waals surface area contributed by atoms with Gasteiger partial charge in [-0.1, -0.05) is 0 Å². The molecule has 0 bridgehead atoms. The van der Waals surface area contributed by atoms with E-state index in [0.717, 1.165) is 71.4 Å². The Morgan fingerprint density at radius 1 is 0.846 bits per heavy atom. The van der Waals surface area contributed by atoms with E-state index < -0.39 is 0 Å². The van der Waals surface area contributed by atoms with Gasteiger partial charge in [-0.3, -0.25) is 14.5 Å². The number of nitrogens with zero attached hydrogens (tertiary/aromatic N) is 2. The number of rotatable bonds is 11. The molecule has 6 heteroatoms. The van der Waals surface area contributed by atoms with Gasteiger partial charge >= 0.3 is 0 Å². The second-order valence-corrected chi connectivity index (χ2v) is 7.61. The average Bonchev–Trinajstić information content (AvgIpc) is 2.66. The summed E-state index contributed by atoms with van der Waals surface area (Å²) in [6.45, 7) is 5.18. The molecular formula is C20H36N2O4. The molecule has 0 radical (unpaired) electrons. The molecular weight excluding hydrogens is 332 g/mol. The average molecular weight is 369 g/mol. The molecule has 2 aliphatic rings. The van der Waals surface area contributed by atoms with Crippen LogP contribution in [0.5, 0.6) is 0 Å². The van der Waals surface area contributed by atoms with E-state index >= 15 is 0 Å². The van der Waals surface area contributed by atoms with Crippen LogP contribution < -0.4 is 0 Å². The van der Waals surface area contributed by atoms with Gasteiger partial charge in [-0.2, -0.15) is 0 Å². The lowest BCUT2D eigenvalue weighted by atomic mass is 9.94. The molecule has 0 spiro atoms. The van der Waals surface area contributed by atoms with Crippen LogP contribution in [0.25, 0.3) is 0 Å². The molecule has 1 unspecified atom stereocenters. The van der Waals surface area contributed by atoms with E-state index in [1.165, 1.54) is 0 Å². The normalized spacial score (nSPS) is 22.5. The number of piperidine rings is 2. The molecule has 0 aromatic carbocycles. The van der Waals surface area contributed by atoms with Crippen LogP contribution in [0.3, 0.4) is 0 Å². The maximum Gasteiger partial charge on any atom is 0.135 e. The Kier molecular flexibility index (Phi) is 9.19. The first-order chi connectivity index (χ1) is 12.6. The van der Waals surface area contributed by atoms with Crippen molar-refractivity contribution in [1.82, 2.24) is 9.80 Å². The Bertz CT molecular complexity index is 437. The van der Waals surface area contributed by atoms with Crippen molar-refractivity contribution in [3.63, 3.8) is 0 Å². The maximum absolute atomic E-state index is 11.7. The van der Waals surface area contributed by atoms with Crippen molar-refractivity contribution in [3.8, 4) is 0 Å². The van der Waals surface area contributed by atoms with Crippen molar-refractivity contribution in [2.45, 2.75) is 63.5 Å². The molecule has 0 N–H and O–H groups in total. The van der Waals surface area contributed by atoms with Gasteiger partial charge in [-0.25, -0.2) is 0 Å². The molecule has 2 fully saturated rings. The molecule has 0 aliphatic carbocycles. The van der Waals surface area contributed by atoms with E-state index in [4.69, 9.17) is 9.47 Å². The minimum absolute atomic E-state index is 0.278. The molecule has 0 aromatic rings. The second-order valence-electron chi connectivity index (χ2n) is 7.61. The Morgan fingerprint density at radius 2 is 1.42 bits per heavy atom. The molecule has 6 nitrogen and oxygen atoms in total. The Morgan fingerprint density at radius 3 is 2.00 bits per heavy atom. The van der Waals surface area contributed by atoms with Gasteiger partial charge < -0.3 is 14.4 Å². The molecule has 2 aliphatic heterocycles. The summed E-state index contributed by atoms with van der Waals surface area (Å²) in [6.07, 6.45) is 7.74. The van der Waals surface area contributed by atoms with Crippen LogP contribution in [0.1, 0.15) is 57.8 Å². The fourth-order valence-corrected chi connectivity index (χ4v) is 4.19. The van der Waals surface area contributed by atoms with Gasteiger partial charge in [0.15, 0.2) is 0 Å². The first-order valence-electron chi connectivity index (χ1n) is 10.1. The van der Waals surface area contributed by atoms with Gasteiger partial charge in [0.1, 0.15) is 17.3 Å². The summed E-state index contributed by atoms with van der Waals surface area (Å²) < 4.78 is 11.3. The van der Waals surface area contributed by atoms with E-state index in [-0.39, 0.29) is 5.72 Å². The quantitative estimate of drug-likeness (QED) is 0.522. The topological polar surface area (TPSA) is 59.1 Å². The van der Waals surface area contributed by atoms with Crippen molar-refractivity contribution >= 4 is 11.6 Å². The van der Waals surface area contributed by atoms with Gasteiger partial charge in [0.05, 0.1) is 0 Å². The largest absolute Gasteiger partial charge is 0.385 e. The highest BCUT2D eigenvalue weighted by molar-refractivity contribution is 5.79. The molecule has 1 atom stereocenters. The number of hydrogen-bond donors (Lipinski definition) is 0. The van der Waals surface area contributed by atoms with Crippen LogP contribution in [0, 0.1) is 0 Å². The summed E-state index contributed by atoms with van der Waals surface area (Å²) >= 11 is 0. The van der Waals surface area contributed by atoms with Gasteiger partial charge in [0.25, 0.3) is 0 Å². The van der Waals surface area contributed by atoms with Crippen LogP contribution in [0.2, 0.25) is 0 Å². The summed E-state index contributed by atoms with van der Waals surface area (Å²) in [7, 11) is 3.55. The molecule has 0 saturated carbocycles. The first-order valence-corrected chi connectivity index (χ1v) is 10.1. The van der Waals surface area contributed by atoms with Crippen molar-refractivity contribution in [3.05, 3.63) is 0 Å². The van der Waals surface area contributed by atoms with E-state index in [2.05, 4.69) is 9.80 Å². The summed E-state index contributed by atoms with van der Waals surface area (Å²) in [5.41, 5.74) is -0.278. The molecule has 2 saturated heterocycles. The number of carbonyl (C=O) groups is 2. The third kappa shape index (κ3) is 6.41. The highest BCUT2D eigenvalue weighted by atomic mass is 16.5. The van der Waals surface area contributed by atoms with Gasteiger partial charge in [-0.15, -0.1) is 0 Å². The Labute approximate surface area is 158 Å². The standard InChI is InChI=1S/C20H36N2O4/c1-25-17-4-3-10-20(26-2,22-15-8-19(24)9-16-22)11-5-12-21-13-6-18(23)7-14-21/h3-17H2,1-2H3. The number of hydrogen-bond acceptors (Lipinski definition) is 6. The lowest BCUT2D eigenvalue weighted by Gasteiger charge is -2.45. The number of Topliss-reactive ketones (excluding diaryl/α,β-unsaturated/α-hetero) is 2. The van der Waals surface area contributed by atoms with E-state index in [9.17, 15) is 9.59 Å². The van der Waals surface area contributed by atoms with E-state index in [0.29, 0.717) is 37.2 Å². The smallest absolute Gasteiger partial charge is 0.135 e. The number of likely N-dealkylation sites (tertiary alicyclic amines) is 2. The van der Waals surface area contributed by atoms with Crippen LogP contribution in [-0.2, 0) is 19.1 Å². The van der Waals surface area contributed by atoms with Crippen molar-refractivity contribution in [2.24, 2.45) is 0 Å². The minimum Gasteiger partial charge on any atom is -0.385 e. The van der Waals surface area contributed by atoms with Crippen LogP contribution in [0.4, 0.5) is 0 Å². The zero-order chi connectivity index (χ0) is 18.8. The lowest BCUT2D eigenvalue weighted by Crippen LogP contribution is -2.54. The second kappa shape index (κ2) is 11.1. The first kappa shape index (κ1) is 21.5. The fourth-order valence-electron chi connectivity index (χ4n) is 4.19. The Hall–Kier alpha value is -0.820. The highest BCUT2D eigenvalue weighted by Gasteiger charge is 2.37. The summed E-state index contributed by atoms with van der Waals surface area (Å²) in [5.74, 6) is 0.757. The molecule has 0 aromatic heterocycles. The van der Waals surface area contributed by atoms with Crippen LogP contribution in [0.15, 0.2) is 0 Å². The van der Waals surface area contributed by atoms with Gasteiger partial charge in [-0.05, 0) is 38.6 Å². The van der Waals surface area contributed by atoms with E-state index in [1.807, 2.05) is 7.11 Å². The molecule has 150 valence electrons. The number of methoxy groups -OCH3 is 2. The monoisotopic (exact) mass is 368 g/mol. The maximum atomic E-state index is 11.7. The SMILES string of the molecule is COCCCCC(CCCN1CCC(=O)CC1)(OC)N1CCC(=O)CC1. The van der Waals surface area contributed by atoms with Crippen molar-refractivity contribution < 1.29 is 19.1 Å². The molecule has 26 heavy (non-hydrogen) atoms. The predicted molar refractivity (Wildman–Crippen MR) is 101 cm³/mol. The highest BCUT2D eigenvalue weighted by Crippen LogP contribution is 2.31. The van der Waals surface area contributed by atoms with Crippen molar-refractivity contribution in [1.29, 1.82) is 0 Å². The number of unbranched alkanes of at least 4 members (excludes halogenated alkanes) is 1. The summed E-state index contributed by atoms with van der Waals surface area (Å²) in [6, 6.07) is 0. The zero-order valence-corrected chi connectivity index (χ0v) is 16.6. The van der Waals surface area contributed by atoms with Crippen LogP contribution >= 0.6 is 0 Å². The number of ketones is 2. The van der Waals surface area contributed by atoms with E-state index in [1.54, 1.807) is 7.11 Å².